The quantitative estimate of drug-likeness (QED) is 0.308. The Morgan fingerprint density at radius 3 is 2.60 bits per heavy atom. The van der Waals surface area contributed by atoms with Crippen molar-refractivity contribution in [2.45, 2.75) is 38.4 Å². The van der Waals surface area contributed by atoms with Crippen molar-refractivity contribution in [1.29, 1.82) is 0 Å². The summed E-state index contributed by atoms with van der Waals surface area (Å²) in [6.07, 6.45) is 1.63. The molecule has 4 rings (SSSR count). The van der Waals surface area contributed by atoms with E-state index in [1.165, 1.54) is 11.8 Å². The van der Waals surface area contributed by atoms with Gasteiger partial charge in [-0.3, -0.25) is 14.2 Å². The van der Waals surface area contributed by atoms with E-state index in [0.717, 1.165) is 17.1 Å². The average Bonchev–Trinajstić information content (AvgIpc) is 3.48. The van der Waals surface area contributed by atoms with Crippen molar-refractivity contribution in [2.75, 3.05) is 16.4 Å². The molecule has 35 heavy (non-hydrogen) atoms. The summed E-state index contributed by atoms with van der Waals surface area (Å²) in [5.41, 5.74) is 2.57. The van der Waals surface area contributed by atoms with E-state index < -0.39 is 0 Å². The van der Waals surface area contributed by atoms with Crippen LogP contribution in [0.2, 0.25) is 0 Å². The molecule has 2 aromatic heterocycles. The number of nitrogens with zero attached hydrogens (tertiary/aromatic N) is 3. The lowest BCUT2D eigenvalue weighted by molar-refractivity contribution is -0.113. The Balaban J connectivity index is 1.43. The summed E-state index contributed by atoms with van der Waals surface area (Å²) < 4.78 is 7.45. The van der Waals surface area contributed by atoms with Gasteiger partial charge >= 0.3 is 0 Å². The zero-order valence-electron chi connectivity index (χ0n) is 19.8. The normalized spacial score (nSPS) is 11.0. The van der Waals surface area contributed by atoms with E-state index in [-0.39, 0.29) is 23.5 Å². The molecule has 2 N–H and O–H groups in total. The molecule has 0 spiro atoms. The van der Waals surface area contributed by atoms with Crippen LogP contribution < -0.4 is 10.6 Å². The van der Waals surface area contributed by atoms with Crippen molar-refractivity contribution < 1.29 is 14.0 Å². The van der Waals surface area contributed by atoms with Gasteiger partial charge in [0.1, 0.15) is 11.6 Å². The number of para-hydroxylation sites is 1. The number of aromatic nitrogens is 3. The SMILES string of the molecule is Cc1cccc(NC(=O)c2ccccc2NC(=O)CSc2nnc(C(C)C)n2Cc2ccco2)c1. The van der Waals surface area contributed by atoms with Gasteiger partial charge in [-0.05, 0) is 48.9 Å². The van der Waals surface area contributed by atoms with Gasteiger partial charge in [0.15, 0.2) is 5.16 Å². The summed E-state index contributed by atoms with van der Waals surface area (Å²) in [4.78, 5) is 25.7. The molecule has 8 nitrogen and oxygen atoms in total. The topological polar surface area (TPSA) is 102 Å². The first-order valence-corrected chi connectivity index (χ1v) is 12.2. The van der Waals surface area contributed by atoms with Crippen molar-refractivity contribution in [3.63, 3.8) is 0 Å². The van der Waals surface area contributed by atoms with Gasteiger partial charge in [0.2, 0.25) is 5.91 Å². The fourth-order valence-electron chi connectivity index (χ4n) is 3.57. The molecule has 0 fully saturated rings. The lowest BCUT2D eigenvalue weighted by atomic mass is 10.1. The van der Waals surface area contributed by atoms with Gasteiger partial charge in [-0.1, -0.05) is 49.9 Å². The van der Waals surface area contributed by atoms with Crippen LogP contribution in [-0.4, -0.2) is 32.3 Å². The number of carbonyl (C=O) groups is 2. The fourth-order valence-corrected chi connectivity index (χ4v) is 4.31. The van der Waals surface area contributed by atoms with Crippen LogP contribution in [0.5, 0.6) is 0 Å². The van der Waals surface area contributed by atoms with Crippen molar-refractivity contribution in [2.24, 2.45) is 0 Å². The number of thioether (sulfide) groups is 1. The van der Waals surface area contributed by atoms with Crippen LogP contribution in [0.15, 0.2) is 76.5 Å². The van der Waals surface area contributed by atoms with Crippen LogP contribution in [0.4, 0.5) is 11.4 Å². The molecule has 2 heterocycles. The van der Waals surface area contributed by atoms with E-state index in [0.29, 0.717) is 28.6 Å². The first-order valence-electron chi connectivity index (χ1n) is 11.3. The minimum Gasteiger partial charge on any atom is -0.467 e. The Morgan fingerprint density at radius 2 is 1.86 bits per heavy atom. The molecule has 0 aliphatic carbocycles. The van der Waals surface area contributed by atoms with Crippen molar-refractivity contribution in [1.82, 2.24) is 14.8 Å². The molecule has 180 valence electrons. The highest BCUT2D eigenvalue weighted by Gasteiger charge is 2.19. The summed E-state index contributed by atoms with van der Waals surface area (Å²) in [5.74, 6) is 1.35. The molecule has 0 saturated heterocycles. The Morgan fingerprint density at radius 1 is 1.03 bits per heavy atom. The third-order valence-corrected chi connectivity index (χ3v) is 6.18. The van der Waals surface area contributed by atoms with E-state index >= 15 is 0 Å². The van der Waals surface area contributed by atoms with Crippen LogP contribution in [0.3, 0.4) is 0 Å². The number of furan rings is 1. The Hall–Kier alpha value is -3.85. The van der Waals surface area contributed by atoms with Crippen LogP contribution in [0, 0.1) is 6.92 Å². The summed E-state index contributed by atoms with van der Waals surface area (Å²) >= 11 is 1.29. The summed E-state index contributed by atoms with van der Waals surface area (Å²) in [7, 11) is 0. The molecule has 0 aliphatic rings. The standard InChI is InChI=1S/C26H27N5O3S/c1-17(2)24-29-30-26(31(24)15-20-10-7-13-34-20)35-16-23(32)28-22-12-5-4-11-21(22)25(33)27-19-9-6-8-18(3)14-19/h4-14,17H,15-16H2,1-3H3,(H,27,33)(H,28,32). The molecular formula is C26H27N5O3S. The maximum atomic E-state index is 12.9. The maximum absolute atomic E-state index is 12.9. The van der Waals surface area contributed by atoms with Gasteiger partial charge in [0.05, 0.1) is 29.8 Å². The second-order valence-electron chi connectivity index (χ2n) is 8.37. The summed E-state index contributed by atoms with van der Waals surface area (Å²) in [6.45, 7) is 6.53. The highest BCUT2D eigenvalue weighted by Crippen LogP contribution is 2.24. The molecule has 9 heteroatoms. The Kier molecular flexibility index (Phi) is 7.67. The predicted octanol–water partition coefficient (Wildman–Crippen LogP) is 5.33. The number of benzene rings is 2. The molecule has 0 radical (unpaired) electrons. The fraction of sp³-hybridized carbons (Fsp3) is 0.231. The van der Waals surface area contributed by atoms with E-state index in [1.807, 2.05) is 61.7 Å². The van der Waals surface area contributed by atoms with Crippen LogP contribution in [0.1, 0.15) is 47.3 Å². The van der Waals surface area contributed by atoms with Crippen LogP contribution in [0.25, 0.3) is 0 Å². The molecule has 0 unspecified atom stereocenters. The molecule has 2 amide bonds. The molecular weight excluding hydrogens is 462 g/mol. The predicted molar refractivity (Wildman–Crippen MR) is 137 cm³/mol. The van der Waals surface area contributed by atoms with Crippen LogP contribution in [-0.2, 0) is 11.3 Å². The Bertz CT molecular complexity index is 1310. The largest absolute Gasteiger partial charge is 0.467 e. The molecule has 0 saturated carbocycles. The van der Waals surface area contributed by atoms with Crippen molar-refractivity contribution >= 4 is 35.0 Å². The highest BCUT2D eigenvalue weighted by molar-refractivity contribution is 7.99. The second-order valence-corrected chi connectivity index (χ2v) is 9.31. The zero-order valence-corrected chi connectivity index (χ0v) is 20.6. The van der Waals surface area contributed by atoms with Crippen molar-refractivity contribution in [3.05, 3.63) is 89.6 Å². The number of aryl methyl sites for hydroxylation is 1. The number of rotatable bonds is 9. The van der Waals surface area contributed by atoms with Gasteiger partial charge < -0.3 is 15.1 Å². The van der Waals surface area contributed by atoms with Gasteiger partial charge in [-0.15, -0.1) is 10.2 Å². The van der Waals surface area contributed by atoms with Gasteiger partial charge in [-0.2, -0.15) is 0 Å². The summed E-state index contributed by atoms with van der Waals surface area (Å²) in [5, 5.41) is 15.0. The van der Waals surface area contributed by atoms with Gasteiger partial charge in [0, 0.05) is 11.6 Å². The molecule has 2 aromatic carbocycles. The number of anilines is 2. The monoisotopic (exact) mass is 489 g/mol. The molecule has 0 atom stereocenters. The van der Waals surface area contributed by atoms with E-state index in [4.69, 9.17) is 4.42 Å². The average molecular weight is 490 g/mol. The van der Waals surface area contributed by atoms with Gasteiger partial charge in [0.25, 0.3) is 5.91 Å². The van der Waals surface area contributed by atoms with E-state index in [1.54, 1.807) is 30.5 Å². The third-order valence-electron chi connectivity index (χ3n) is 5.21. The van der Waals surface area contributed by atoms with E-state index in [9.17, 15) is 9.59 Å². The van der Waals surface area contributed by atoms with Crippen molar-refractivity contribution in [3.8, 4) is 0 Å². The maximum Gasteiger partial charge on any atom is 0.257 e. The number of carbonyl (C=O) groups excluding carboxylic acids is 2. The number of nitrogens with one attached hydrogen (secondary N) is 2. The number of hydrogen-bond donors (Lipinski definition) is 2. The van der Waals surface area contributed by atoms with E-state index in [2.05, 4.69) is 20.8 Å². The first-order chi connectivity index (χ1) is 16.9. The third kappa shape index (κ3) is 6.19. The molecule has 0 bridgehead atoms. The first kappa shape index (κ1) is 24.3. The highest BCUT2D eigenvalue weighted by atomic mass is 32.2. The van der Waals surface area contributed by atoms with Crippen LogP contribution >= 0.6 is 11.8 Å². The smallest absolute Gasteiger partial charge is 0.257 e. The second kappa shape index (κ2) is 11.1. The lowest BCUT2D eigenvalue weighted by Gasteiger charge is -2.12. The minimum atomic E-state index is -0.293. The lowest BCUT2D eigenvalue weighted by Crippen LogP contribution is -2.19. The molecule has 0 aliphatic heterocycles. The number of amides is 2. The minimum absolute atomic E-state index is 0.113. The molecule has 4 aromatic rings. The number of hydrogen-bond acceptors (Lipinski definition) is 6. The Labute approximate surface area is 208 Å². The van der Waals surface area contributed by atoms with Gasteiger partial charge in [-0.25, -0.2) is 0 Å². The zero-order chi connectivity index (χ0) is 24.8. The summed E-state index contributed by atoms with van der Waals surface area (Å²) in [6, 6.07) is 18.2.